The van der Waals surface area contributed by atoms with Crippen molar-refractivity contribution in [1.82, 2.24) is 0 Å². The lowest BCUT2D eigenvalue weighted by atomic mass is 10.2. The first-order valence-corrected chi connectivity index (χ1v) is 10.1. The van der Waals surface area contributed by atoms with Gasteiger partial charge in [-0.2, -0.15) is 0 Å². The number of benzene rings is 2. The summed E-state index contributed by atoms with van der Waals surface area (Å²) < 4.78 is 35.2. The summed E-state index contributed by atoms with van der Waals surface area (Å²) in [5, 5.41) is 2.67. The molecule has 150 valence electrons. The van der Waals surface area contributed by atoms with E-state index in [1.165, 1.54) is 38.5 Å². The molecule has 0 aliphatic rings. The van der Waals surface area contributed by atoms with Crippen LogP contribution in [0, 0.1) is 6.92 Å². The molecule has 0 radical (unpaired) electrons. The lowest BCUT2D eigenvalue weighted by Crippen LogP contribution is -2.37. The monoisotopic (exact) mass is 406 g/mol. The first-order chi connectivity index (χ1) is 13.2. The molecule has 1 N–H and O–H groups in total. The number of esters is 1. The van der Waals surface area contributed by atoms with Crippen LogP contribution in [0.3, 0.4) is 0 Å². The Morgan fingerprint density at radius 2 is 1.71 bits per heavy atom. The van der Waals surface area contributed by atoms with Gasteiger partial charge in [-0.3, -0.25) is 9.10 Å². The minimum atomic E-state index is -3.74. The molecule has 0 saturated heterocycles. The van der Waals surface area contributed by atoms with E-state index in [4.69, 9.17) is 4.74 Å². The van der Waals surface area contributed by atoms with Crippen LogP contribution in [0.5, 0.6) is 5.75 Å². The summed E-state index contributed by atoms with van der Waals surface area (Å²) in [4.78, 5) is 24.0. The van der Waals surface area contributed by atoms with Crippen molar-refractivity contribution in [2.45, 2.75) is 6.92 Å². The van der Waals surface area contributed by atoms with Gasteiger partial charge in [0, 0.05) is 0 Å². The second kappa shape index (κ2) is 8.75. The van der Waals surface area contributed by atoms with E-state index in [0.29, 0.717) is 11.4 Å². The number of hydrogen-bond donors (Lipinski definition) is 1. The summed E-state index contributed by atoms with van der Waals surface area (Å²) in [5.41, 5.74) is 1.88. The number of rotatable bonds is 7. The molecule has 0 aromatic heterocycles. The van der Waals surface area contributed by atoms with Crippen LogP contribution in [0.1, 0.15) is 15.9 Å². The van der Waals surface area contributed by atoms with Gasteiger partial charge >= 0.3 is 5.97 Å². The number of carbonyl (C=O) groups is 2. The van der Waals surface area contributed by atoms with Crippen LogP contribution in [-0.4, -0.2) is 47.3 Å². The number of nitrogens with one attached hydrogen (secondary N) is 1. The Morgan fingerprint density at radius 1 is 1.07 bits per heavy atom. The smallest absolute Gasteiger partial charge is 0.337 e. The second-order valence-electron chi connectivity index (χ2n) is 6.06. The largest absolute Gasteiger partial charge is 0.495 e. The molecule has 1 amide bonds. The van der Waals surface area contributed by atoms with Gasteiger partial charge in [0.05, 0.1) is 37.4 Å². The third kappa shape index (κ3) is 5.23. The molecule has 2 aromatic rings. The van der Waals surface area contributed by atoms with Crippen LogP contribution < -0.4 is 14.4 Å². The number of carbonyl (C=O) groups excluding carboxylic acids is 2. The Bertz CT molecular complexity index is 970. The van der Waals surface area contributed by atoms with Gasteiger partial charge in [0.25, 0.3) is 0 Å². The van der Waals surface area contributed by atoms with Gasteiger partial charge < -0.3 is 14.8 Å². The van der Waals surface area contributed by atoms with Crippen molar-refractivity contribution in [3.63, 3.8) is 0 Å². The Balaban J connectivity index is 2.25. The zero-order chi connectivity index (χ0) is 20.9. The number of hydrogen-bond acceptors (Lipinski definition) is 6. The Morgan fingerprint density at radius 3 is 2.25 bits per heavy atom. The van der Waals surface area contributed by atoms with Gasteiger partial charge in [-0.1, -0.05) is 6.07 Å². The minimum Gasteiger partial charge on any atom is -0.495 e. The first kappa shape index (κ1) is 21.2. The van der Waals surface area contributed by atoms with Crippen molar-refractivity contribution in [3.05, 3.63) is 53.6 Å². The van der Waals surface area contributed by atoms with Crippen LogP contribution in [-0.2, 0) is 19.6 Å². The molecule has 0 aliphatic carbocycles. The maximum Gasteiger partial charge on any atom is 0.337 e. The second-order valence-corrected chi connectivity index (χ2v) is 7.97. The molecule has 0 bridgehead atoms. The molecule has 0 unspecified atom stereocenters. The van der Waals surface area contributed by atoms with E-state index in [2.05, 4.69) is 10.1 Å². The average molecular weight is 406 g/mol. The minimum absolute atomic E-state index is 0.251. The predicted octanol–water partition coefficient (Wildman–Crippen LogP) is 2.19. The normalized spacial score (nSPS) is 10.9. The maximum absolute atomic E-state index is 12.5. The lowest BCUT2D eigenvalue weighted by molar-refractivity contribution is -0.114. The average Bonchev–Trinajstić information content (AvgIpc) is 2.65. The SMILES string of the molecule is COC(=O)c1ccc(N(CC(=O)Nc2cc(C)ccc2OC)S(C)(=O)=O)cc1. The zero-order valence-corrected chi connectivity index (χ0v) is 16.9. The van der Waals surface area contributed by atoms with Crippen molar-refractivity contribution in [3.8, 4) is 5.75 Å². The summed E-state index contributed by atoms with van der Waals surface area (Å²) in [7, 11) is -1.01. The molecule has 0 atom stereocenters. The van der Waals surface area contributed by atoms with Crippen LogP contribution >= 0.6 is 0 Å². The Labute approximate surface area is 164 Å². The summed E-state index contributed by atoms with van der Waals surface area (Å²) in [5.74, 6) is -0.611. The van der Waals surface area contributed by atoms with Gasteiger partial charge in [-0.05, 0) is 48.9 Å². The quantitative estimate of drug-likeness (QED) is 0.707. The third-order valence-corrected chi connectivity index (χ3v) is 5.03. The van der Waals surface area contributed by atoms with Crippen molar-refractivity contribution in [2.75, 3.05) is 36.6 Å². The molecule has 8 nitrogen and oxygen atoms in total. The molecule has 2 aromatic carbocycles. The summed E-state index contributed by atoms with van der Waals surface area (Å²) >= 11 is 0. The molecule has 28 heavy (non-hydrogen) atoms. The molecule has 0 saturated carbocycles. The number of aryl methyl sites for hydroxylation is 1. The highest BCUT2D eigenvalue weighted by Crippen LogP contribution is 2.25. The fraction of sp³-hybridized carbons (Fsp3) is 0.263. The third-order valence-electron chi connectivity index (χ3n) is 3.89. The van der Waals surface area contributed by atoms with Crippen molar-refractivity contribution >= 4 is 33.3 Å². The number of amides is 1. The summed E-state index contributed by atoms with van der Waals surface area (Å²) in [6.45, 7) is 1.42. The topological polar surface area (TPSA) is 102 Å². The molecular weight excluding hydrogens is 384 g/mol. The van der Waals surface area contributed by atoms with Gasteiger partial charge in [0.2, 0.25) is 15.9 Å². The van der Waals surface area contributed by atoms with E-state index in [0.717, 1.165) is 16.1 Å². The van der Waals surface area contributed by atoms with Gasteiger partial charge in [0.15, 0.2) is 0 Å². The summed E-state index contributed by atoms with van der Waals surface area (Å²) in [6.07, 6.45) is 1.00. The van der Waals surface area contributed by atoms with E-state index < -0.39 is 28.4 Å². The highest BCUT2D eigenvalue weighted by molar-refractivity contribution is 7.92. The fourth-order valence-corrected chi connectivity index (χ4v) is 3.38. The van der Waals surface area contributed by atoms with E-state index in [1.54, 1.807) is 12.1 Å². The maximum atomic E-state index is 12.5. The molecule has 2 rings (SSSR count). The van der Waals surface area contributed by atoms with Crippen molar-refractivity contribution < 1.29 is 27.5 Å². The molecule has 0 heterocycles. The number of sulfonamides is 1. The number of methoxy groups -OCH3 is 2. The highest BCUT2D eigenvalue weighted by atomic mass is 32.2. The number of anilines is 2. The Hall–Kier alpha value is -3.07. The number of nitrogens with zero attached hydrogens (tertiary/aromatic N) is 1. The van der Waals surface area contributed by atoms with Gasteiger partial charge in [-0.25, -0.2) is 13.2 Å². The molecule has 0 aliphatic heterocycles. The van der Waals surface area contributed by atoms with Crippen LogP contribution in [0.4, 0.5) is 11.4 Å². The lowest BCUT2D eigenvalue weighted by Gasteiger charge is -2.22. The Kier molecular flexibility index (Phi) is 6.63. The molecule has 0 fully saturated rings. The fourth-order valence-electron chi connectivity index (χ4n) is 2.52. The van der Waals surface area contributed by atoms with E-state index in [1.807, 2.05) is 13.0 Å². The van der Waals surface area contributed by atoms with Crippen LogP contribution in [0.2, 0.25) is 0 Å². The van der Waals surface area contributed by atoms with Crippen molar-refractivity contribution in [2.24, 2.45) is 0 Å². The molecular formula is C19H22N2O6S. The van der Waals surface area contributed by atoms with E-state index in [-0.39, 0.29) is 11.3 Å². The van der Waals surface area contributed by atoms with Gasteiger partial charge in [-0.15, -0.1) is 0 Å². The molecule has 9 heteroatoms. The van der Waals surface area contributed by atoms with Crippen LogP contribution in [0.25, 0.3) is 0 Å². The van der Waals surface area contributed by atoms with E-state index >= 15 is 0 Å². The number of ether oxygens (including phenoxy) is 2. The highest BCUT2D eigenvalue weighted by Gasteiger charge is 2.22. The standard InChI is InChI=1S/C19H22N2O6S/c1-13-5-10-17(26-2)16(11-13)20-18(22)12-21(28(4,24)25)15-8-6-14(7-9-15)19(23)27-3/h5-11H,12H2,1-4H3,(H,20,22). The van der Waals surface area contributed by atoms with Crippen molar-refractivity contribution in [1.29, 1.82) is 0 Å². The summed E-state index contributed by atoms with van der Waals surface area (Å²) in [6, 6.07) is 11.0. The van der Waals surface area contributed by atoms with E-state index in [9.17, 15) is 18.0 Å². The molecule has 0 spiro atoms. The van der Waals surface area contributed by atoms with Gasteiger partial charge in [0.1, 0.15) is 12.3 Å². The first-order valence-electron chi connectivity index (χ1n) is 8.26. The predicted molar refractivity (Wildman–Crippen MR) is 106 cm³/mol. The van der Waals surface area contributed by atoms with Crippen LogP contribution in [0.15, 0.2) is 42.5 Å². The zero-order valence-electron chi connectivity index (χ0n) is 16.1.